The fourth-order valence-corrected chi connectivity index (χ4v) is 3.30. The highest BCUT2D eigenvalue weighted by atomic mass is 35.5. The van der Waals surface area contributed by atoms with E-state index in [1.54, 1.807) is 11.8 Å². The zero-order valence-electron chi connectivity index (χ0n) is 15.3. The molecular weight excluding hydrogens is 338 g/mol. The second-order valence-corrected chi connectivity index (χ2v) is 7.45. The molecule has 1 N–H and O–H groups in total. The van der Waals surface area contributed by atoms with Crippen LogP contribution in [0.5, 0.6) is 0 Å². The van der Waals surface area contributed by atoms with E-state index < -0.39 is 0 Å². The Kier molecular flexibility index (Phi) is 7.26. The number of likely N-dealkylation sites (tertiary alicyclic amines) is 1. The van der Waals surface area contributed by atoms with Crippen LogP contribution in [0.15, 0.2) is 24.3 Å². The lowest BCUT2D eigenvalue weighted by Crippen LogP contribution is -2.45. The molecule has 2 atom stereocenters. The van der Waals surface area contributed by atoms with Gasteiger partial charge in [-0.1, -0.05) is 23.7 Å². The Labute approximate surface area is 155 Å². The minimum atomic E-state index is -0.133. The summed E-state index contributed by atoms with van der Waals surface area (Å²) >= 11 is 5.98. The van der Waals surface area contributed by atoms with E-state index in [0.29, 0.717) is 11.6 Å². The fraction of sp³-hybridized carbons (Fsp3) is 0.579. The van der Waals surface area contributed by atoms with E-state index in [9.17, 15) is 9.59 Å². The molecule has 0 bridgehead atoms. The molecule has 1 heterocycles. The topological polar surface area (TPSA) is 52.7 Å². The summed E-state index contributed by atoms with van der Waals surface area (Å²) in [6.07, 6.45) is 2.53. The third-order valence-corrected chi connectivity index (χ3v) is 4.94. The lowest BCUT2D eigenvalue weighted by molar-refractivity contribution is -0.134. The number of halogens is 1. The van der Waals surface area contributed by atoms with Crippen molar-refractivity contribution in [1.29, 1.82) is 0 Å². The number of carbonyl (C=O) groups excluding carboxylic acids is 2. The monoisotopic (exact) mass is 365 g/mol. The maximum absolute atomic E-state index is 12.8. The summed E-state index contributed by atoms with van der Waals surface area (Å²) in [6, 6.07) is 7.57. The summed E-state index contributed by atoms with van der Waals surface area (Å²) in [4.78, 5) is 28.2. The van der Waals surface area contributed by atoms with E-state index in [2.05, 4.69) is 10.2 Å². The first-order valence-corrected chi connectivity index (χ1v) is 9.20. The van der Waals surface area contributed by atoms with Gasteiger partial charge in [0.25, 0.3) is 0 Å². The molecule has 1 aliphatic rings. The molecule has 138 valence electrons. The van der Waals surface area contributed by atoms with Gasteiger partial charge >= 0.3 is 0 Å². The van der Waals surface area contributed by atoms with Gasteiger partial charge < -0.3 is 15.1 Å². The third kappa shape index (κ3) is 6.01. The SMILES string of the molecule is CC(=O)N1CCCC(C(=O)NC(CCN(C)C)c2ccc(Cl)cc2)C1. The van der Waals surface area contributed by atoms with Crippen molar-refractivity contribution in [3.8, 4) is 0 Å². The number of piperidine rings is 1. The first kappa shape index (κ1) is 19.7. The van der Waals surface area contributed by atoms with Gasteiger partial charge in [-0.05, 0) is 57.6 Å². The molecule has 0 spiro atoms. The number of amides is 2. The van der Waals surface area contributed by atoms with Crippen molar-refractivity contribution >= 4 is 23.4 Å². The van der Waals surface area contributed by atoms with Gasteiger partial charge in [-0.15, -0.1) is 0 Å². The molecule has 0 aliphatic carbocycles. The van der Waals surface area contributed by atoms with Crippen molar-refractivity contribution in [2.24, 2.45) is 5.92 Å². The fourth-order valence-electron chi connectivity index (χ4n) is 3.17. The Morgan fingerprint density at radius 1 is 1.32 bits per heavy atom. The quantitative estimate of drug-likeness (QED) is 0.843. The number of rotatable bonds is 6. The molecule has 5 nitrogen and oxygen atoms in total. The maximum atomic E-state index is 12.8. The highest BCUT2D eigenvalue weighted by Crippen LogP contribution is 2.22. The molecule has 1 saturated heterocycles. The lowest BCUT2D eigenvalue weighted by Gasteiger charge is -2.32. The highest BCUT2D eigenvalue weighted by Gasteiger charge is 2.28. The Morgan fingerprint density at radius 2 is 2.00 bits per heavy atom. The van der Waals surface area contributed by atoms with E-state index >= 15 is 0 Å². The number of carbonyl (C=O) groups is 2. The molecular formula is C19H28ClN3O2. The average Bonchev–Trinajstić information content (AvgIpc) is 2.59. The summed E-state index contributed by atoms with van der Waals surface area (Å²) in [5.74, 6) is -0.0594. The number of nitrogens with zero attached hydrogens (tertiary/aromatic N) is 2. The van der Waals surface area contributed by atoms with Crippen LogP contribution in [0.25, 0.3) is 0 Å². The summed E-state index contributed by atoms with van der Waals surface area (Å²) in [5, 5.41) is 3.88. The lowest BCUT2D eigenvalue weighted by atomic mass is 9.95. The Balaban J connectivity index is 2.05. The standard InChI is InChI=1S/C19H28ClN3O2/c1-14(24)23-11-4-5-16(13-23)19(25)21-18(10-12-22(2)3)15-6-8-17(20)9-7-15/h6-9,16,18H,4-5,10-13H2,1-3H3,(H,21,25). The largest absolute Gasteiger partial charge is 0.349 e. The molecule has 1 aliphatic heterocycles. The van der Waals surface area contributed by atoms with E-state index in [1.807, 2.05) is 38.4 Å². The first-order valence-electron chi connectivity index (χ1n) is 8.83. The van der Waals surface area contributed by atoms with Gasteiger partial charge in [0, 0.05) is 25.0 Å². The van der Waals surface area contributed by atoms with E-state index in [1.165, 1.54) is 0 Å². The molecule has 25 heavy (non-hydrogen) atoms. The minimum Gasteiger partial charge on any atom is -0.349 e. The third-order valence-electron chi connectivity index (χ3n) is 4.69. The molecule has 6 heteroatoms. The molecule has 0 radical (unpaired) electrons. The van der Waals surface area contributed by atoms with Crippen LogP contribution in [-0.2, 0) is 9.59 Å². The van der Waals surface area contributed by atoms with Crippen molar-refractivity contribution in [3.05, 3.63) is 34.9 Å². The minimum absolute atomic E-state index is 0.0321. The van der Waals surface area contributed by atoms with Gasteiger partial charge in [-0.25, -0.2) is 0 Å². The molecule has 1 fully saturated rings. The molecule has 2 rings (SSSR count). The van der Waals surface area contributed by atoms with Crippen LogP contribution >= 0.6 is 11.6 Å². The second kappa shape index (κ2) is 9.20. The normalized spacial score (nSPS) is 18.9. The molecule has 1 aromatic rings. The van der Waals surface area contributed by atoms with Crippen molar-refractivity contribution in [2.75, 3.05) is 33.7 Å². The van der Waals surface area contributed by atoms with Crippen LogP contribution in [0, 0.1) is 5.92 Å². The zero-order chi connectivity index (χ0) is 18.4. The predicted molar refractivity (Wildman–Crippen MR) is 100 cm³/mol. The number of hydrogen-bond donors (Lipinski definition) is 1. The van der Waals surface area contributed by atoms with Gasteiger partial charge in [0.1, 0.15) is 0 Å². The Hall–Kier alpha value is -1.59. The predicted octanol–water partition coefficient (Wildman–Crippen LogP) is 2.71. The van der Waals surface area contributed by atoms with E-state index in [-0.39, 0.29) is 23.8 Å². The molecule has 2 unspecified atom stereocenters. The van der Waals surface area contributed by atoms with Crippen LogP contribution in [0.4, 0.5) is 0 Å². The summed E-state index contributed by atoms with van der Waals surface area (Å²) < 4.78 is 0. The maximum Gasteiger partial charge on any atom is 0.225 e. The van der Waals surface area contributed by atoms with E-state index in [0.717, 1.165) is 37.9 Å². The van der Waals surface area contributed by atoms with Crippen molar-refractivity contribution in [2.45, 2.75) is 32.2 Å². The first-order chi connectivity index (χ1) is 11.9. The van der Waals surface area contributed by atoms with Crippen LogP contribution in [0.2, 0.25) is 5.02 Å². The van der Waals surface area contributed by atoms with Gasteiger partial charge in [0.15, 0.2) is 0 Å². The number of hydrogen-bond acceptors (Lipinski definition) is 3. The molecule has 0 saturated carbocycles. The van der Waals surface area contributed by atoms with Crippen molar-refractivity contribution in [3.63, 3.8) is 0 Å². The molecule has 1 aromatic carbocycles. The van der Waals surface area contributed by atoms with Crippen molar-refractivity contribution < 1.29 is 9.59 Å². The average molecular weight is 366 g/mol. The van der Waals surface area contributed by atoms with Crippen LogP contribution < -0.4 is 5.32 Å². The van der Waals surface area contributed by atoms with Crippen molar-refractivity contribution in [1.82, 2.24) is 15.1 Å². The van der Waals surface area contributed by atoms with Gasteiger partial charge in [0.2, 0.25) is 11.8 Å². The smallest absolute Gasteiger partial charge is 0.225 e. The Morgan fingerprint density at radius 3 is 2.60 bits per heavy atom. The highest BCUT2D eigenvalue weighted by molar-refractivity contribution is 6.30. The van der Waals surface area contributed by atoms with Gasteiger partial charge in [-0.3, -0.25) is 9.59 Å². The molecule has 2 amide bonds. The van der Waals surface area contributed by atoms with Crippen LogP contribution in [0.3, 0.4) is 0 Å². The van der Waals surface area contributed by atoms with E-state index in [4.69, 9.17) is 11.6 Å². The Bertz CT molecular complexity index is 589. The van der Waals surface area contributed by atoms with Crippen LogP contribution in [-0.4, -0.2) is 55.3 Å². The number of nitrogens with one attached hydrogen (secondary N) is 1. The zero-order valence-corrected chi connectivity index (χ0v) is 16.1. The number of benzene rings is 1. The summed E-state index contributed by atoms with van der Waals surface area (Å²) in [5.41, 5.74) is 1.05. The van der Waals surface area contributed by atoms with Gasteiger partial charge in [-0.2, -0.15) is 0 Å². The summed E-state index contributed by atoms with van der Waals surface area (Å²) in [7, 11) is 4.04. The van der Waals surface area contributed by atoms with Gasteiger partial charge in [0.05, 0.1) is 12.0 Å². The summed E-state index contributed by atoms with van der Waals surface area (Å²) in [6.45, 7) is 3.70. The second-order valence-electron chi connectivity index (χ2n) is 7.01. The van der Waals surface area contributed by atoms with Crippen LogP contribution in [0.1, 0.15) is 37.8 Å². The molecule has 0 aromatic heterocycles.